The number of hydrogen-bond acceptors (Lipinski definition) is 6. The van der Waals surface area contributed by atoms with E-state index in [9.17, 15) is 4.79 Å². The molecule has 35 heavy (non-hydrogen) atoms. The molecule has 0 amide bonds. The van der Waals surface area contributed by atoms with Gasteiger partial charge >= 0.3 is 0 Å². The number of hydrogen-bond donors (Lipinski definition) is 2. The van der Waals surface area contributed by atoms with Crippen LogP contribution in [-0.2, 0) is 8.85 Å². The van der Waals surface area contributed by atoms with E-state index in [1.165, 1.54) is 6.33 Å². The first kappa shape index (κ1) is 26.5. The van der Waals surface area contributed by atoms with Crippen LogP contribution in [0.15, 0.2) is 11.1 Å². The number of nitrogens with two attached hydrogens (primary N) is 1. The molecule has 4 rings (SSSR count). The number of rotatable bonds is 6. The largest absolute Gasteiger partial charge is 0.416 e. The minimum atomic E-state index is -2.27. The fourth-order valence-electron chi connectivity index (χ4n) is 4.82. The van der Waals surface area contributed by atoms with E-state index in [1.54, 1.807) is 4.57 Å². The normalized spacial score (nSPS) is 29.6. The monoisotopic (exact) mass is 523 g/mol. The van der Waals surface area contributed by atoms with E-state index >= 15 is 4.39 Å². The summed E-state index contributed by atoms with van der Waals surface area (Å²) in [5.74, 6) is 0.00629. The number of anilines is 1. The Kier molecular flexibility index (Phi) is 6.03. The van der Waals surface area contributed by atoms with Crippen LogP contribution in [0.1, 0.15) is 54.0 Å². The van der Waals surface area contributed by atoms with Crippen molar-refractivity contribution in [3.8, 4) is 0 Å². The van der Waals surface area contributed by atoms with Crippen LogP contribution in [0.2, 0.25) is 36.3 Å². The van der Waals surface area contributed by atoms with E-state index in [-0.39, 0.29) is 27.5 Å². The van der Waals surface area contributed by atoms with Gasteiger partial charge in [0.15, 0.2) is 27.8 Å². The predicted octanol–water partition coefficient (Wildman–Crippen LogP) is 5.01. The summed E-state index contributed by atoms with van der Waals surface area (Å²) in [5.41, 5.74) is 5.48. The summed E-state index contributed by atoms with van der Waals surface area (Å²) in [6.45, 7) is 22.4. The molecule has 0 saturated heterocycles. The molecule has 196 valence electrons. The molecule has 2 aliphatic carbocycles. The van der Waals surface area contributed by atoms with Gasteiger partial charge in [0.25, 0.3) is 5.56 Å². The third kappa shape index (κ3) is 4.21. The fraction of sp³-hybridized carbons (Fsp3) is 0.792. The number of nitrogens with one attached hydrogen (secondary N) is 1. The lowest BCUT2D eigenvalue weighted by atomic mass is 10.0. The number of aromatic nitrogens is 4. The van der Waals surface area contributed by atoms with Crippen molar-refractivity contribution < 1.29 is 13.2 Å². The van der Waals surface area contributed by atoms with Crippen molar-refractivity contribution in [1.29, 1.82) is 0 Å². The van der Waals surface area contributed by atoms with Crippen molar-refractivity contribution in [2.75, 3.05) is 12.3 Å². The summed E-state index contributed by atoms with van der Waals surface area (Å²) in [5, 5.41) is 0.00162. The van der Waals surface area contributed by atoms with Gasteiger partial charge in [-0.2, -0.15) is 4.98 Å². The van der Waals surface area contributed by atoms with Crippen LogP contribution in [0.3, 0.4) is 0 Å². The highest BCUT2D eigenvalue weighted by Gasteiger charge is 2.74. The molecule has 0 radical (unpaired) electrons. The minimum Gasteiger partial charge on any atom is -0.416 e. The third-order valence-corrected chi connectivity index (χ3v) is 18.2. The lowest BCUT2D eigenvalue weighted by Crippen LogP contribution is -2.50. The molecule has 3 N–H and O–H groups in total. The maximum absolute atomic E-state index is 16.5. The number of nitrogen functional groups attached to an aromatic ring is 1. The van der Waals surface area contributed by atoms with Crippen LogP contribution >= 0.6 is 0 Å². The Balaban J connectivity index is 1.74. The highest BCUT2D eigenvalue weighted by Crippen LogP contribution is 2.70. The second-order valence-corrected chi connectivity index (χ2v) is 23.2. The van der Waals surface area contributed by atoms with E-state index in [0.717, 1.165) is 6.42 Å². The Labute approximate surface area is 209 Å². The van der Waals surface area contributed by atoms with Crippen molar-refractivity contribution in [2.45, 2.75) is 103 Å². The molecule has 5 atom stereocenters. The third-order valence-electron chi connectivity index (χ3n) is 9.28. The highest BCUT2D eigenvalue weighted by molar-refractivity contribution is 6.74. The molecule has 0 spiro atoms. The van der Waals surface area contributed by atoms with Crippen LogP contribution in [-0.4, -0.2) is 55.0 Å². The fourth-order valence-corrected chi connectivity index (χ4v) is 7.24. The summed E-state index contributed by atoms with van der Waals surface area (Å²) in [6.07, 6.45) is 0.478. The lowest BCUT2D eigenvalue weighted by molar-refractivity contribution is 0.0205. The Hall–Kier alpha value is -1.57. The summed E-state index contributed by atoms with van der Waals surface area (Å²) >= 11 is 0. The number of aromatic amines is 1. The summed E-state index contributed by atoms with van der Waals surface area (Å²) in [6, 6.07) is -0.536. The number of imidazole rings is 1. The van der Waals surface area contributed by atoms with E-state index in [0.29, 0.717) is 12.3 Å². The van der Waals surface area contributed by atoms with Gasteiger partial charge in [-0.1, -0.05) is 41.5 Å². The van der Waals surface area contributed by atoms with Crippen LogP contribution in [0.4, 0.5) is 10.3 Å². The number of nitrogens with zero attached hydrogens (tertiary/aromatic N) is 3. The summed E-state index contributed by atoms with van der Waals surface area (Å²) in [7, 11) is -4.32. The number of alkyl halides is 1. The molecule has 2 fully saturated rings. The Morgan fingerprint density at radius 2 is 1.77 bits per heavy atom. The van der Waals surface area contributed by atoms with Crippen molar-refractivity contribution in [3.63, 3.8) is 0 Å². The molecule has 0 aliphatic heterocycles. The SMILES string of the molecule is CC(C)(C)[Si](C)(C)OC[C@@]12C[C@@H]1[C@@H](n1cnc3c(=O)[nH]c(N)nc31)[C@H](F)C2O[Si](C)(C)C(C)(C)C. The van der Waals surface area contributed by atoms with E-state index in [2.05, 4.69) is 82.7 Å². The second kappa shape index (κ2) is 7.96. The zero-order valence-electron chi connectivity index (χ0n) is 22.8. The molecule has 2 aliphatic rings. The van der Waals surface area contributed by atoms with Crippen molar-refractivity contribution in [1.82, 2.24) is 19.5 Å². The first-order chi connectivity index (χ1) is 15.8. The smallest absolute Gasteiger partial charge is 0.280 e. The van der Waals surface area contributed by atoms with Gasteiger partial charge in [-0.3, -0.25) is 9.78 Å². The molecule has 2 heterocycles. The molecular formula is C24H42FN5O3Si2. The van der Waals surface area contributed by atoms with Crippen LogP contribution in [0, 0.1) is 11.3 Å². The van der Waals surface area contributed by atoms with Gasteiger partial charge in [0.05, 0.1) is 18.5 Å². The van der Waals surface area contributed by atoms with Crippen LogP contribution in [0.5, 0.6) is 0 Å². The number of halogens is 1. The Morgan fingerprint density at radius 1 is 1.17 bits per heavy atom. The molecule has 1 unspecified atom stereocenters. The molecule has 11 heteroatoms. The zero-order chi connectivity index (χ0) is 26.4. The molecule has 2 aromatic heterocycles. The van der Waals surface area contributed by atoms with Crippen molar-refractivity contribution in [3.05, 3.63) is 16.7 Å². The molecule has 2 aromatic rings. The molecular weight excluding hydrogens is 481 g/mol. The molecule has 8 nitrogen and oxygen atoms in total. The average Bonchev–Trinajstić information content (AvgIpc) is 3.17. The van der Waals surface area contributed by atoms with Gasteiger partial charge in [-0.25, -0.2) is 9.37 Å². The van der Waals surface area contributed by atoms with Crippen molar-refractivity contribution >= 4 is 33.7 Å². The maximum Gasteiger partial charge on any atom is 0.280 e. The van der Waals surface area contributed by atoms with Gasteiger partial charge in [0, 0.05) is 12.0 Å². The van der Waals surface area contributed by atoms with E-state index in [1.807, 2.05) is 0 Å². The lowest BCUT2D eigenvalue weighted by Gasteiger charge is -2.43. The maximum atomic E-state index is 16.5. The standard InChI is InChI=1S/C24H42FN5O3Si2/c1-22(2,3)34(7,8)32-12-24-11-14(24)17(15(25)18(24)33-35(9,10)23(4,5)6)30-13-27-16-19(30)28-21(26)29-20(16)31/h13-15,17-18H,11-12H2,1-10H3,(H3,26,28,29,31)/t14-,15+,17-,18?,24+/m1/s1. The van der Waals surface area contributed by atoms with Gasteiger partial charge in [0.2, 0.25) is 5.95 Å². The minimum absolute atomic E-state index is 0.00458. The summed E-state index contributed by atoms with van der Waals surface area (Å²) < 4.78 is 31.7. The first-order valence-corrected chi connectivity index (χ1v) is 18.3. The summed E-state index contributed by atoms with van der Waals surface area (Å²) in [4.78, 5) is 23.4. The van der Waals surface area contributed by atoms with Gasteiger partial charge in [0.1, 0.15) is 6.17 Å². The Bertz CT molecular complexity index is 1180. The zero-order valence-corrected chi connectivity index (χ0v) is 24.8. The topological polar surface area (TPSA) is 108 Å². The second-order valence-electron chi connectivity index (χ2n) is 13.6. The van der Waals surface area contributed by atoms with E-state index < -0.39 is 45.9 Å². The number of fused-ring (bicyclic) bond motifs is 2. The van der Waals surface area contributed by atoms with Crippen molar-refractivity contribution in [2.24, 2.45) is 11.3 Å². The quantitative estimate of drug-likeness (QED) is 0.515. The molecule has 0 aromatic carbocycles. The van der Waals surface area contributed by atoms with Gasteiger partial charge in [-0.15, -0.1) is 0 Å². The predicted molar refractivity (Wildman–Crippen MR) is 142 cm³/mol. The van der Waals surface area contributed by atoms with Gasteiger partial charge in [-0.05, 0) is 48.6 Å². The highest BCUT2D eigenvalue weighted by atomic mass is 28.4. The molecule has 2 saturated carbocycles. The van der Waals surface area contributed by atoms with Crippen LogP contribution in [0.25, 0.3) is 11.2 Å². The number of H-pyrrole nitrogens is 1. The van der Waals surface area contributed by atoms with Crippen LogP contribution < -0.4 is 11.3 Å². The molecule has 0 bridgehead atoms. The Morgan fingerprint density at radius 3 is 2.34 bits per heavy atom. The average molecular weight is 524 g/mol. The first-order valence-electron chi connectivity index (χ1n) is 12.5. The van der Waals surface area contributed by atoms with E-state index in [4.69, 9.17) is 14.6 Å². The van der Waals surface area contributed by atoms with Gasteiger partial charge < -0.3 is 19.2 Å².